The highest BCUT2D eigenvalue weighted by Crippen LogP contribution is 2.26. The van der Waals surface area contributed by atoms with Crippen LogP contribution in [0.15, 0.2) is 62.2 Å². The largest absolute Gasteiger partial charge is 0.496 e. The van der Waals surface area contributed by atoms with Crippen LogP contribution in [0.3, 0.4) is 0 Å². The molecule has 0 atom stereocenters. The van der Waals surface area contributed by atoms with Crippen LogP contribution in [0, 0.1) is 0 Å². The Morgan fingerprint density at radius 3 is 2.67 bits per heavy atom. The van der Waals surface area contributed by atoms with Crippen molar-refractivity contribution in [2.24, 2.45) is 0 Å². The molecule has 5 nitrogen and oxygen atoms in total. The van der Waals surface area contributed by atoms with Crippen LogP contribution in [0.2, 0.25) is 0 Å². The van der Waals surface area contributed by atoms with Crippen LogP contribution < -0.4 is 15.1 Å². The van der Waals surface area contributed by atoms with Crippen molar-refractivity contribution in [1.82, 2.24) is 0 Å². The number of carbonyl (C=O) groups is 1. The average molecular weight is 389 g/mol. The van der Waals surface area contributed by atoms with E-state index in [1.54, 1.807) is 49.6 Å². The Kier molecular flexibility index (Phi) is 4.66. The fraction of sp³-hybridized carbons (Fsp3) is 0.111. The molecule has 3 rings (SSSR count). The predicted molar refractivity (Wildman–Crippen MR) is 93.0 cm³/mol. The number of fused-ring (bicyclic) bond motifs is 1. The maximum atomic E-state index is 12.2. The summed E-state index contributed by atoms with van der Waals surface area (Å²) in [5, 5.41) is 0.785. The van der Waals surface area contributed by atoms with Gasteiger partial charge in [-0.3, -0.25) is 4.79 Å². The SMILES string of the molecule is COc1ccc(C(=O)COc2ccc3ccc(=O)oc3c2)cc1Br. The molecule has 0 radical (unpaired) electrons. The number of rotatable bonds is 5. The quantitative estimate of drug-likeness (QED) is 0.490. The fourth-order valence-corrected chi connectivity index (χ4v) is 2.74. The second kappa shape index (κ2) is 6.88. The lowest BCUT2D eigenvalue weighted by Crippen LogP contribution is -2.11. The Balaban J connectivity index is 1.74. The van der Waals surface area contributed by atoms with Gasteiger partial charge in [0.1, 0.15) is 17.1 Å². The molecule has 0 saturated carbocycles. The van der Waals surface area contributed by atoms with Gasteiger partial charge in [0.05, 0.1) is 11.6 Å². The zero-order chi connectivity index (χ0) is 17.1. The van der Waals surface area contributed by atoms with E-state index in [1.807, 2.05) is 0 Å². The first-order chi connectivity index (χ1) is 11.6. The third-order valence-electron chi connectivity index (χ3n) is 3.44. The van der Waals surface area contributed by atoms with Gasteiger partial charge in [-0.1, -0.05) is 0 Å². The Morgan fingerprint density at radius 2 is 1.92 bits per heavy atom. The van der Waals surface area contributed by atoms with Gasteiger partial charge in [-0.15, -0.1) is 0 Å². The lowest BCUT2D eigenvalue weighted by Gasteiger charge is -2.08. The van der Waals surface area contributed by atoms with E-state index in [4.69, 9.17) is 13.9 Å². The van der Waals surface area contributed by atoms with Gasteiger partial charge in [-0.2, -0.15) is 0 Å². The number of methoxy groups -OCH3 is 1. The summed E-state index contributed by atoms with van der Waals surface area (Å²) in [6, 6.07) is 13.2. The van der Waals surface area contributed by atoms with Crippen molar-refractivity contribution in [3.63, 3.8) is 0 Å². The predicted octanol–water partition coefficient (Wildman–Crippen LogP) is 3.83. The summed E-state index contributed by atoms with van der Waals surface area (Å²) in [6.07, 6.45) is 0. The molecule has 0 spiro atoms. The van der Waals surface area contributed by atoms with Gasteiger partial charge < -0.3 is 13.9 Å². The Hall–Kier alpha value is -2.60. The highest BCUT2D eigenvalue weighted by atomic mass is 79.9. The highest BCUT2D eigenvalue weighted by Gasteiger charge is 2.10. The van der Waals surface area contributed by atoms with Crippen LogP contribution in [-0.2, 0) is 0 Å². The smallest absolute Gasteiger partial charge is 0.336 e. The lowest BCUT2D eigenvalue weighted by atomic mass is 10.1. The zero-order valence-electron chi connectivity index (χ0n) is 12.7. The van der Waals surface area contributed by atoms with Crippen molar-refractivity contribution in [3.05, 3.63) is 69.0 Å². The van der Waals surface area contributed by atoms with Crippen LogP contribution in [0.1, 0.15) is 10.4 Å². The summed E-state index contributed by atoms with van der Waals surface area (Å²) in [4.78, 5) is 23.5. The minimum absolute atomic E-state index is 0.124. The van der Waals surface area contributed by atoms with Crippen molar-refractivity contribution in [2.75, 3.05) is 13.7 Å². The van der Waals surface area contributed by atoms with Crippen molar-refractivity contribution < 1.29 is 18.7 Å². The Labute approximate surface area is 145 Å². The minimum atomic E-state index is -0.432. The van der Waals surface area contributed by atoms with Crippen molar-refractivity contribution in [2.45, 2.75) is 0 Å². The number of ether oxygens (including phenoxy) is 2. The first kappa shape index (κ1) is 16.3. The van der Waals surface area contributed by atoms with E-state index in [1.165, 1.54) is 6.07 Å². The normalized spacial score (nSPS) is 10.6. The molecule has 2 aromatic carbocycles. The van der Waals surface area contributed by atoms with Crippen molar-refractivity contribution in [1.29, 1.82) is 0 Å². The van der Waals surface area contributed by atoms with Gasteiger partial charge in [-0.25, -0.2) is 4.79 Å². The second-order valence-electron chi connectivity index (χ2n) is 5.02. The van der Waals surface area contributed by atoms with Crippen molar-refractivity contribution >= 4 is 32.7 Å². The van der Waals surface area contributed by atoms with Crippen LogP contribution in [0.4, 0.5) is 0 Å². The molecular weight excluding hydrogens is 376 g/mol. The highest BCUT2D eigenvalue weighted by molar-refractivity contribution is 9.10. The number of halogens is 1. The number of hydrogen-bond donors (Lipinski definition) is 0. The van der Waals surface area contributed by atoms with Gasteiger partial charge >= 0.3 is 5.63 Å². The number of benzene rings is 2. The molecule has 1 aromatic heterocycles. The molecule has 0 aliphatic heterocycles. The molecule has 3 aromatic rings. The summed E-state index contributed by atoms with van der Waals surface area (Å²) in [7, 11) is 1.56. The van der Waals surface area contributed by atoms with E-state index in [0.29, 0.717) is 27.1 Å². The summed E-state index contributed by atoms with van der Waals surface area (Å²) >= 11 is 3.35. The van der Waals surface area contributed by atoms with Gasteiger partial charge in [0.15, 0.2) is 12.4 Å². The van der Waals surface area contributed by atoms with Crippen LogP contribution in [0.5, 0.6) is 11.5 Å². The van der Waals surface area contributed by atoms with E-state index in [-0.39, 0.29) is 12.4 Å². The summed E-state index contributed by atoms with van der Waals surface area (Å²) < 4.78 is 16.4. The van der Waals surface area contributed by atoms with Gasteiger partial charge in [0.2, 0.25) is 0 Å². The van der Waals surface area contributed by atoms with E-state index < -0.39 is 5.63 Å². The molecule has 0 aliphatic rings. The molecule has 0 N–H and O–H groups in total. The third-order valence-corrected chi connectivity index (χ3v) is 4.06. The van der Waals surface area contributed by atoms with Crippen LogP contribution in [0.25, 0.3) is 11.0 Å². The lowest BCUT2D eigenvalue weighted by molar-refractivity contribution is 0.0921. The molecule has 0 bridgehead atoms. The van der Waals surface area contributed by atoms with Gasteiger partial charge in [0.25, 0.3) is 0 Å². The van der Waals surface area contributed by atoms with Crippen LogP contribution >= 0.6 is 15.9 Å². The van der Waals surface area contributed by atoms with Gasteiger partial charge in [-0.05, 0) is 52.3 Å². The van der Waals surface area contributed by atoms with Gasteiger partial charge in [0, 0.05) is 23.1 Å². The first-order valence-electron chi connectivity index (χ1n) is 7.10. The maximum Gasteiger partial charge on any atom is 0.336 e. The molecular formula is C18H13BrO5. The zero-order valence-corrected chi connectivity index (χ0v) is 14.3. The minimum Gasteiger partial charge on any atom is -0.496 e. The molecule has 0 amide bonds. The maximum absolute atomic E-state index is 12.2. The molecule has 0 unspecified atom stereocenters. The van der Waals surface area contributed by atoms with Crippen molar-refractivity contribution in [3.8, 4) is 11.5 Å². The molecule has 0 aliphatic carbocycles. The summed E-state index contributed by atoms with van der Waals surface area (Å²) in [5.41, 5.74) is 0.494. The second-order valence-corrected chi connectivity index (χ2v) is 5.87. The Morgan fingerprint density at radius 1 is 1.12 bits per heavy atom. The van der Waals surface area contributed by atoms with E-state index >= 15 is 0 Å². The fourth-order valence-electron chi connectivity index (χ4n) is 2.20. The van der Waals surface area contributed by atoms with E-state index in [0.717, 1.165) is 5.39 Å². The molecule has 1 heterocycles. The third kappa shape index (κ3) is 3.49. The van der Waals surface area contributed by atoms with E-state index in [9.17, 15) is 9.59 Å². The monoisotopic (exact) mass is 388 g/mol. The topological polar surface area (TPSA) is 65.7 Å². The van der Waals surface area contributed by atoms with Crippen LogP contribution in [-0.4, -0.2) is 19.5 Å². The molecule has 0 fully saturated rings. The molecule has 0 saturated heterocycles. The number of carbonyl (C=O) groups excluding carboxylic acids is 1. The Bertz CT molecular complexity index is 961. The van der Waals surface area contributed by atoms with E-state index in [2.05, 4.69) is 15.9 Å². The average Bonchev–Trinajstić information content (AvgIpc) is 2.59. The molecule has 24 heavy (non-hydrogen) atoms. The number of hydrogen-bond acceptors (Lipinski definition) is 5. The molecule has 122 valence electrons. The number of ketones is 1. The summed E-state index contributed by atoms with van der Waals surface area (Å²) in [5.74, 6) is 0.933. The molecule has 6 heteroatoms. The first-order valence-corrected chi connectivity index (χ1v) is 7.89. The summed E-state index contributed by atoms with van der Waals surface area (Å²) in [6.45, 7) is -0.124. The standard InChI is InChI=1S/C18H13BrO5/c1-22-16-6-3-12(8-14(16)19)15(20)10-23-13-5-2-11-4-7-18(21)24-17(11)9-13/h2-9H,10H2,1H3. The number of Topliss-reactive ketones (excluding diaryl/α,β-unsaturated/α-hetero) is 1.